The van der Waals surface area contributed by atoms with Crippen molar-refractivity contribution in [2.45, 2.75) is 39.0 Å². The molecule has 0 spiro atoms. The minimum Gasteiger partial charge on any atom is -0.376 e. The molecule has 2 aliphatic rings. The molecule has 7 nitrogen and oxygen atoms in total. The molecule has 1 aromatic carbocycles. The molecule has 1 aromatic heterocycles. The van der Waals surface area contributed by atoms with Crippen molar-refractivity contribution in [2.24, 2.45) is 0 Å². The molecular weight excluding hydrogens is 378 g/mol. The number of amides is 2. The lowest BCUT2D eigenvalue weighted by Gasteiger charge is -2.31. The number of rotatable bonds is 6. The number of morpholine rings is 1. The third kappa shape index (κ3) is 5.70. The Balaban J connectivity index is 1.25. The molecule has 7 heteroatoms. The number of anilines is 2. The number of hydrogen-bond acceptors (Lipinski definition) is 5. The molecule has 2 N–H and O–H groups in total. The smallest absolute Gasteiger partial charge is 0.319 e. The van der Waals surface area contributed by atoms with Crippen molar-refractivity contribution in [3.63, 3.8) is 0 Å². The Morgan fingerprint density at radius 2 is 2.00 bits per heavy atom. The normalized spacial score (nSPS) is 19.6. The summed E-state index contributed by atoms with van der Waals surface area (Å²) in [7, 11) is 0. The molecular formula is C23H31N5O2. The summed E-state index contributed by atoms with van der Waals surface area (Å²) in [6, 6.07) is 12.0. The largest absolute Gasteiger partial charge is 0.376 e. The van der Waals surface area contributed by atoms with Crippen LogP contribution in [0.4, 0.5) is 16.3 Å². The van der Waals surface area contributed by atoms with Gasteiger partial charge in [-0.25, -0.2) is 9.78 Å². The summed E-state index contributed by atoms with van der Waals surface area (Å²) in [5.74, 6) is 0.977. The van der Waals surface area contributed by atoms with Crippen molar-refractivity contribution in [3.05, 3.63) is 53.7 Å². The van der Waals surface area contributed by atoms with Gasteiger partial charge in [-0.1, -0.05) is 24.3 Å². The van der Waals surface area contributed by atoms with Gasteiger partial charge in [-0.2, -0.15) is 0 Å². The number of nitrogens with zero attached hydrogens (tertiary/aromatic N) is 3. The lowest BCUT2D eigenvalue weighted by atomic mass is 10.1. The van der Waals surface area contributed by atoms with Crippen molar-refractivity contribution >= 4 is 17.5 Å². The Kier molecular flexibility index (Phi) is 6.81. The molecule has 2 fully saturated rings. The van der Waals surface area contributed by atoms with Crippen LogP contribution in [0.2, 0.25) is 0 Å². The van der Waals surface area contributed by atoms with Gasteiger partial charge in [-0.3, -0.25) is 4.90 Å². The van der Waals surface area contributed by atoms with Gasteiger partial charge in [0.1, 0.15) is 5.82 Å². The lowest BCUT2D eigenvalue weighted by Crippen LogP contribution is -2.40. The maximum atomic E-state index is 12.3. The fourth-order valence-corrected chi connectivity index (χ4v) is 4.08. The molecule has 3 heterocycles. The average Bonchev–Trinajstić information content (AvgIpc) is 3.28. The molecule has 0 radical (unpaired) electrons. The first-order chi connectivity index (χ1) is 14.7. The average molecular weight is 410 g/mol. The summed E-state index contributed by atoms with van der Waals surface area (Å²) in [4.78, 5) is 21.4. The van der Waals surface area contributed by atoms with E-state index in [4.69, 9.17) is 4.74 Å². The van der Waals surface area contributed by atoms with Gasteiger partial charge >= 0.3 is 6.03 Å². The maximum Gasteiger partial charge on any atom is 0.319 e. The monoisotopic (exact) mass is 409 g/mol. The molecule has 0 aliphatic carbocycles. The van der Waals surface area contributed by atoms with Crippen LogP contribution in [0.3, 0.4) is 0 Å². The standard InChI is InChI=1S/C23H31N5O2/c1-18-16-27(11-12-30-18)17-20-6-4-5-19(13-20)14-25-23(29)26-21-7-8-22(24-15-21)28-9-2-3-10-28/h4-8,13,15,18H,2-3,9-12,14,16-17H2,1H3,(H2,25,26,29). The number of nitrogens with one attached hydrogen (secondary N) is 2. The molecule has 1 unspecified atom stereocenters. The fourth-order valence-electron chi connectivity index (χ4n) is 4.08. The second kappa shape index (κ2) is 9.91. The van der Waals surface area contributed by atoms with E-state index >= 15 is 0 Å². The summed E-state index contributed by atoms with van der Waals surface area (Å²) in [6.07, 6.45) is 4.44. The Morgan fingerprint density at radius 1 is 1.17 bits per heavy atom. The first-order valence-corrected chi connectivity index (χ1v) is 10.8. The maximum absolute atomic E-state index is 12.3. The first-order valence-electron chi connectivity index (χ1n) is 10.8. The van der Waals surface area contributed by atoms with Crippen LogP contribution in [0, 0.1) is 0 Å². The zero-order chi connectivity index (χ0) is 20.8. The highest BCUT2D eigenvalue weighted by Crippen LogP contribution is 2.19. The van der Waals surface area contributed by atoms with Crippen LogP contribution in [-0.2, 0) is 17.8 Å². The SMILES string of the molecule is CC1CN(Cc2cccc(CNC(=O)Nc3ccc(N4CCCC4)nc3)c2)CCO1. The molecule has 4 rings (SSSR count). The Hall–Kier alpha value is -2.64. The highest BCUT2D eigenvalue weighted by atomic mass is 16.5. The van der Waals surface area contributed by atoms with Crippen LogP contribution in [0.1, 0.15) is 30.9 Å². The highest BCUT2D eigenvalue weighted by molar-refractivity contribution is 5.89. The highest BCUT2D eigenvalue weighted by Gasteiger charge is 2.17. The minimum absolute atomic E-state index is 0.224. The van der Waals surface area contributed by atoms with Crippen LogP contribution in [0.15, 0.2) is 42.6 Å². The Labute approximate surface area is 178 Å². The van der Waals surface area contributed by atoms with Gasteiger partial charge in [0.25, 0.3) is 0 Å². The van der Waals surface area contributed by atoms with E-state index in [1.807, 2.05) is 18.2 Å². The third-order valence-corrected chi connectivity index (χ3v) is 5.61. The van der Waals surface area contributed by atoms with Crippen LogP contribution >= 0.6 is 0 Å². The van der Waals surface area contributed by atoms with Gasteiger partial charge in [-0.05, 0) is 43.0 Å². The second-order valence-electron chi connectivity index (χ2n) is 8.14. The summed E-state index contributed by atoms with van der Waals surface area (Å²) in [5.41, 5.74) is 3.04. The van der Waals surface area contributed by atoms with Crippen LogP contribution in [0.5, 0.6) is 0 Å². The minimum atomic E-state index is -0.224. The number of aromatic nitrogens is 1. The summed E-state index contributed by atoms with van der Waals surface area (Å²) in [6.45, 7) is 8.32. The predicted molar refractivity (Wildman–Crippen MR) is 119 cm³/mol. The van der Waals surface area contributed by atoms with Crippen LogP contribution in [-0.4, -0.2) is 54.8 Å². The molecule has 160 valence electrons. The van der Waals surface area contributed by atoms with Crippen molar-refractivity contribution in [2.75, 3.05) is 43.0 Å². The van der Waals surface area contributed by atoms with Crippen molar-refractivity contribution in [3.8, 4) is 0 Å². The summed E-state index contributed by atoms with van der Waals surface area (Å²) < 4.78 is 5.61. The zero-order valence-corrected chi connectivity index (χ0v) is 17.6. The number of pyridine rings is 1. The molecule has 2 aromatic rings. The summed E-state index contributed by atoms with van der Waals surface area (Å²) >= 11 is 0. The number of hydrogen-bond donors (Lipinski definition) is 2. The zero-order valence-electron chi connectivity index (χ0n) is 17.6. The number of ether oxygens (including phenoxy) is 1. The molecule has 2 saturated heterocycles. The van der Waals surface area contributed by atoms with E-state index < -0.39 is 0 Å². The van der Waals surface area contributed by atoms with E-state index in [1.54, 1.807) is 6.20 Å². The van der Waals surface area contributed by atoms with Crippen molar-refractivity contribution in [1.82, 2.24) is 15.2 Å². The van der Waals surface area contributed by atoms with Gasteiger partial charge in [0, 0.05) is 39.3 Å². The first kappa shape index (κ1) is 20.6. The molecule has 2 aliphatic heterocycles. The Morgan fingerprint density at radius 3 is 2.77 bits per heavy atom. The number of carbonyl (C=O) groups is 1. The molecule has 0 saturated carbocycles. The summed E-state index contributed by atoms with van der Waals surface area (Å²) in [5, 5.41) is 5.80. The van der Waals surface area contributed by atoms with Crippen LogP contribution in [0.25, 0.3) is 0 Å². The molecule has 30 heavy (non-hydrogen) atoms. The lowest BCUT2D eigenvalue weighted by molar-refractivity contribution is -0.0212. The fraction of sp³-hybridized carbons (Fsp3) is 0.478. The third-order valence-electron chi connectivity index (χ3n) is 5.61. The van der Waals surface area contributed by atoms with E-state index in [1.165, 1.54) is 18.4 Å². The molecule has 1 atom stereocenters. The number of urea groups is 1. The van der Waals surface area contributed by atoms with Gasteiger partial charge in [0.2, 0.25) is 0 Å². The Bertz CT molecular complexity index is 836. The van der Waals surface area contributed by atoms with Gasteiger partial charge < -0.3 is 20.3 Å². The van der Waals surface area contributed by atoms with Gasteiger partial charge in [0.05, 0.1) is 24.6 Å². The second-order valence-corrected chi connectivity index (χ2v) is 8.14. The van der Waals surface area contributed by atoms with Crippen molar-refractivity contribution in [1.29, 1.82) is 0 Å². The van der Waals surface area contributed by atoms with Crippen molar-refractivity contribution < 1.29 is 9.53 Å². The number of carbonyl (C=O) groups excluding carboxylic acids is 1. The van der Waals surface area contributed by atoms with Gasteiger partial charge in [0.15, 0.2) is 0 Å². The predicted octanol–water partition coefficient (Wildman–Crippen LogP) is 3.22. The van der Waals surface area contributed by atoms with E-state index in [9.17, 15) is 4.79 Å². The quantitative estimate of drug-likeness (QED) is 0.767. The molecule has 2 amide bonds. The number of benzene rings is 1. The van der Waals surface area contributed by atoms with Gasteiger partial charge in [-0.15, -0.1) is 0 Å². The van der Waals surface area contributed by atoms with E-state index in [-0.39, 0.29) is 12.1 Å². The van der Waals surface area contributed by atoms with E-state index in [2.05, 4.69) is 50.5 Å². The van der Waals surface area contributed by atoms with E-state index in [0.29, 0.717) is 12.2 Å². The van der Waals surface area contributed by atoms with Crippen LogP contribution < -0.4 is 15.5 Å². The topological polar surface area (TPSA) is 69.7 Å². The molecule has 0 bridgehead atoms. The van der Waals surface area contributed by atoms with E-state index in [0.717, 1.165) is 50.7 Å².